The minimum atomic E-state index is -2.44. The molecular weight excluding hydrogens is 338 g/mol. The van der Waals surface area contributed by atoms with Crippen molar-refractivity contribution in [1.29, 1.82) is 0 Å². The van der Waals surface area contributed by atoms with Gasteiger partial charge in [-0.05, 0) is 27.8 Å². The molecule has 26 heavy (non-hydrogen) atoms. The summed E-state index contributed by atoms with van der Waals surface area (Å²) in [4.78, 5) is 0. The summed E-state index contributed by atoms with van der Waals surface area (Å²) in [7, 11) is -2.44. The van der Waals surface area contributed by atoms with E-state index in [0.717, 1.165) is 19.6 Å². The van der Waals surface area contributed by atoms with E-state index in [1.807, 2.05) is 0 Å². The minimum Gasteiger partial charge on any atom is -0.407 e. The molecule has 2 aromatic carbocycles. The highest BCUT2D eigenvalue weighted by Crippen LogP contribution is 2.37. The molecule has 1 fully saturated rings. The highest BCUT2D eigenvalue weighted by atomic mass is 28.4. The third kappa shape index (κ3) is 3.79. The molecule has 0 spiro atoms. The fourth-order valence-electron chi connectivity index (χ4n) is 4.17. The third-order valence-electron chi connectivity index (χ3n) is 5.49. The Labute approximate surface area is 158 Å². The van der Waals surface area contributed by atoms with Crippen LogP contribution in [0.4, 0.5) is 0 Å². The molecule has 2 N–H and O–H groups in total. The van der Waals surface area contributed by atoms with E-state index in [2.05, 4.69) is 86.8 Å². The molecule has 4 heteroatoms. The molecule has 0 amide bonds. The molecular formula is C22H31NO2Si. The number of benzene rings is 2. The van der Waals surface area contributed by atoms with Crippen LogP contribution in [-0.2, 0) is 4.43 Å². The van der Waals surface area contributed by atoms with Crippen LogP contribution in [0.25, 0.3) is 0 Å². The quantitative estimate of drug-likeness (QED) is 0.769. The van der Waals surface area contributed by atoms with Crippen LogP contribution in [0.3, 0.4) is 0 Å². The SMILES string of the molecule is CC(C)(C)[Si](OC[C@@H]1CN[C@@H](CO)C1)(c1ccccc1)c1ccccc1. The number of nitrogens with one attached hydrogen (secondary N) is 1. The maximum absolute atomic E-state index is 9.40. The van der Waals surface area contributed by atoms with Gasteiger partial charge < -0.3 is 14.8 Å². The van der Waals surface area contributed by atoms with Crippen LogP contribution in [0.2, 0.25) is 5.04 Å². The predicted molar refractivity (Wildman–Crippen MR) is 111 cm³/mol. The summed E-state index contributed by atoms with van der Waals surface area (Å²) in [6.45, 7) is 8.78. The summed E-state index contributed by atoms with van der Waals surface area (Å²) in [6, 6.07) is 21.8. The Morgan fingerprint density at radius 1 is 1.00 bits per heavy atom. The van der Waals surface area contributed by atoms with Crippen molar-refractivity contribution in [3.05, 3.63) is 60.7 Å². The molecule has 3 rings (SSSR count). The van der Waals surface area contributed by atoms with Gasteiger partial charge in [-0.1, -0.05) is 81.4 Å². The second kappa shape index (κ2) is 8.05. The van der Waals surface area contributed by atoms with Gasteiger partial charge in [0.1, 0.15) is 0 Å². The van der Waals surface area contributed by atoms with Crippen LogP contribution in [0.1, 0.15) is 27.2 Å². The monoisotopic (exact) mass is 369 g/mol. The van der Waals surface area contributed by atoms with Gasteiger partial charge in [0.05, 0.1) is 6.61 Å². The van der Waals surface area contributed by atoms with E-state index in [1.165, 1.54) is 10.4 Å². The number of aliphatic hydroxyl groups is 1. The number of hydrogen-bond donors (Lipinski definition) is 2. The zero-order valence-corrected chi connectivity index (χ0v) is 17.1. The van der Waals surface area contributed by atoms with E-state index in [1.54, 1.807) is 0 Å². The zero-order chi connectivity index (χ0) is 18.6. The first-order valence-corrected chi connectivity index (χ1v) is 11.5. The van der Waals surface area contributed by atoms with Gasteiger partial charge in [0.15, 0.2) is 0 Å². The molecule has 1 heterocycles. The Hall–Kier alpha value is -1.46. The Bertz CT molecular complexity index is 645. The van der Waals surface area contributed by atoms with E-state index in [0.29, 0.717) is 5.92 Å². The highest BCUT2D eigenvalue weighted by molar-refractivity contribution is 6.99. The molecule has 0 radical (unpaired) electrons. The van der Waals surface area contributed by atoms with Crippen molar-refractivity contribution in [2.24, 2.45) is 5.92 Å². The average Bonchev–Trinajstić information content (AvgIpc) is 3.11. The summed E-state index contributed by atoms with van der Waals surface area (Å²) in [5.74, 6) is 0.453. The molecule has 0 bridgehead atoms. The Balaban J connectivity index is 1.98. The molecule has 1 aliphatic heterocycles. The Kier molecular flexibility index (Phi) is 5.98. The maximum atomic E-state index is 9.40. The van der Waals surface area contributed by atoms with Gasteiger partial charge in [-0.3, -0.25) is 0 Å². The first-order valence-electron chi connectivity index (χ1n) is 9.56. The Morgan fingerprint density at radius 2 is 1.54 bits per heavy atom. The lowest BCUT2D eigenvalue weighted by molar-refractivity contribution is 0.229. The standard InChI is InChI=1S/C22H31NO2Si/c1-22(2,3)26(20-10-6-4-7-11-20,21-12-8-5-9-13-21)25-17-18-14-19(16-24)23-15-18/h4-13,18-19,23-24H,14-17H2,1-3H3/t18-,19+/m0/s1. The van der Waals surface area contributed by atoms with Gasteiger partial charge >= 0.3 is 0 Å². The molecule has 0 aromatic heterocycles. The van der Waals surface area contributed by atoms with Gasteiger partial charge in [-0.2, -0.15) is 0 Å². The van der Waals surface area contributed by atoms with Crippen LogP contribution < -0.4 is 15.7 Å². The maximum Gasteiger partial charge on any atom is 0.261 e. The van der Waals surface area contributed by atoms with Gasteiger partial charge in [0.2, 0.25) is 0 Å². The zero-order valence-electron chi connectivity index (χ0n) is 16.1. The topological polar surface area (TPSA) is 41.5 Å². The largest absolute Gasteiger partial charge is 0.407 e. The van der Waals surface area contributed by atoms with Crippen molar-refractivity contribution in [3.8, 4) is 0 Å². The average molecular weight is 370 g/mol. The molecule has 0 aliphatic carbocycles. The Morgan fingerprint density at radius 3 is 1.96 bits per heavy atom. The molecule has 3 nitrogen and oxygen atoms in total. The van der Waals surface area contributed by atoms with E-state index in [-0.39, 0.29) is 17.7 Å². The van der Waals surface area contributed by atoms with Crippen LogP contribution >= 0.6 is 0 Å². The van der Waals surface area contributed by atoms with Crippen LogP contribution in [0.5, 0.6) is 0 Å². The van der Waals surface area contributed by atoms with E-state index < -0.39 is 8.32 Å². The van der Waals surface area contributed by atoms with E-state index in [4.69, 9.17) is 4.43 Å². The first-order chi connectivity index (χ1) is 12.5. The second-order valence-corrected chi connectivity index (χ2v) is 12.7. The molecule has 2 atom stereocenters. The first kappa shape index (κ1) is 19.3. The van der Waals surface area contributed by atoms with Crippen molar-refractivity contribution < 1.29 is 9.53 Å². The minimum absolute atomic E-state index is 0.0120. The summed E-state index contributed by atoms with van der Waals surface area (Å²) in [5.41, 5.74) is 0. The van der Waals surface area contributed by atoms with Crippen LogP contribution in [0.15, 0.2) is 60.7 Å². The fraction of sp³-hybridized carbons (Fsp3) is 0.455. The predicted octanol–water partition coefficient (Wildman–Crippen LogP) is 2.53. The molecule has 2 aromatic rings. The molecule has 0 unspecified atom stereocenters. The smallest absolute Gasteiger partial charge is 0.261 e. The van der Waals surface area contributed by atoms with Gasteiger partial charge in [-0.15, -0.1) is 0 Å². The second-order valence-electron chi connectivity index (χ2n) is 8.36. The lowest BCUT2D eigenvalue weighted by atomic mass is 10.1. The molecule has 1 aliphatic rings. The van der Waals surface area contributed by atoms with Crippen molar-refractivity contribution >= 4 is 18.7 Å². The van der Waals surface area contributed by atoms with Gasteiger partial charge in [-0.25, -0.2) is 0 Å². The third-order valence-corrected chi connectivity index (χ3v) is 10.5. The summed E-state index contributed by atoms with van der Waals surface area (Å²) >= 11 is 0. The normalized spacial score (nSPS) is 21.1. The summed E-state index contributed by atoms with van der Waals surface area (Å²) < 4.78 is 6.96. The van der Waals surface area contributed by atoms with Gasteiger partial charge in [0, 0.05) is 19.2 Å². The lowest BCUT2D eigenvalue weighted by Crippen LogP contribution is -2.67. The number of hydrogen-bond acceptors (Lipinski definition) is 3. The van der Waals surface area contributed by atoms with Crippen molar-refractivity contribution in [2.45, 2.75) is 38.3 Å². The van der Waals surface area contributed by atoms with Crippen LogP contribution in [0, 0.1) is 5.92 Å². The highest BCUT2D eigenvalue weighted by Gasteiger charge is 2.50. The van der Waals surface area contributed by atoms with Crippen molar-refractivity contribution in [2.75, 3.05) is 19.8 Å². The van der Waals surface area contributed by atoms with Crippen molar-refractivity contribution in [1.82, 2.24) is 5.32 Å². The van der Waals surface area contributed by atoms with Crippen LogP contribution in [-0.4, -0.2) is 39.2 Å². The summed E-state index contributed by atoms with van der Waals surface area (Å²) in [5, 5.41) is 15.5. The van der Waals surface area contributed by atoms with E-state index in [9.17, 15) is 5.11 Å². The lowest BCUT2D eigenvalue weighted by Gasteiger charge is -2.43. The molecule has 140 valence electrons. The molecule has 0 saturated carbocycles. The molecule has 1 saturated heterocycles. The van der Waals surface area contributed by atoms with E-state index >= 15 is 0 Å². The number of rotatable bonds is 6. The summed E-state index contributed by atoms with van der Waals surface area (Å²) in [6.07, 6.45) is 0.981. The van der Waals surface area contributed by atoms with Crippen molar-refractivity contribution in [3.63, 3.8) is 0 Å². The fourth-order valence-corrected chi connectivity index (χ4v) is 8.81. The number of aliphatic hydroxyl groups excluding tert-OH is 1. The van der Waals surface area contributed by atoms with Gasteiger partial charge in [0.25, 0.3) is 8.32 Å².